The van der Waals surface area contributed by atoms with E-state index in [1.54, 1.807) is 0 Å². The first-order valence-corrected chi connectivity index (χ1v) is 6.78. The highest BCUT2D eigenvalue weighted by Crippen LogP contribution is 2.30. The lowest BCUT2D eigenvalue weighted by Crippen LogP contribution is -2.32. The first kappa shape index (κ1) is 12.1. The Morgan fingerprint density at radius 1 is 1.44 bits per heavy atom. The van der Waals surface area contributed by atoms with Crippen LogP contribution in [-0.2, 0) is 6.54 Å². The van der Waals surface area contributed by atoms with E-state index in [1.807, 2.05) is 12.4 Å². The van der Waals surface area contributed by atoms with Crippen LogP contribution in [0.4, 0.5) is 0 Å². The van der Waals surface area contributed by atoms with Crippen LogP contribution in [-0.4, -0.2) is 22.5 Å². The molecule has 16 heavy (non-hydrogen) atoms. The Bertz CT molecular complexity index is 348. The summed E-state index contributed by atoms with van der Waals surface area (Å²) in [5.41, 5.74) is 1.30. The second kappa shape index (κ2) is 5.28. The third kappa shape index (κ3) is 3.56. The third-order valence-electron chi connectivity index (χ3n) is 3.07. The number of pyridine rings is 1. The van der Waals surface area contributed by atoms with Gasteiger partial charge in [-0.1, -0.05) is 0 Å². The molecular formula is C13H19BrN2. The molecule has 1 heterocycles. The van der Waals surface area contributed by atoms with E-state index in [9.17, 15) is 0 Å². The molecule has 1 saturated carbocycles. The molecule has 0 aliphatic heterocycles. The fourth-order valence-corrected chi connectivity index (χ4v) is 2.28. The quantitative estimate of drug-likeness (QED) is 0.822. The number of nitrogens with zero attached hydrogens (tertiary/aromatic N) is 2. The van der Waals surface area contributed by atoms with Gasteiger partial charge in [-0.15, -0.1) is 0 Å². The van der Waals surface area contributed by atoms with Crippen LogP contribution in [0.25, 0.3) is 0 Å². The average Bonchev–Trinajstić information content (AvgIpc) is 3.00. The first-order chi connectivity index (χ1) is 7.65. The van der Waals surface area contributed by atoms with E-state index in [2.05, 4.69) is 45.7 Å². The van der Waals surface area contributed by atoms with E-state index >= 15 is 0 Å². The van der Waals surface area contributed by atoms with Crippen molar-refractivity contribution in [1.29, 1.82) is 0 Å². The van der Waals surface area contributed by atoms with Gasteiger partial charge in [-0.2, -0.15) is 0 Å². The summed E-state index contributed by atoms with van der Waals surface area (Å²) >= 11 is 3.47. The molecule has 0 N–H and O–H groups in total. The summed E-state index contributed by atoms with van der Waals surface area (Å²) in [6, 6.07) is 2.77. The Labute approximate surface area is 106 Å². The van der Waals surface area contributed by atoms with Crippen LogP contribution in [0.15, 0.2) is 22.9 Å². The fourth-order valence-electron chi connectivity index (χ4n) is 1.87. The van der Waals surface area contributed by atoms with E-state index in [4.69, 9.17) is 0 Å². The topological polar surface area (TPSA) is 16.1 Å². The summed E-state index contributed by atoms with van der Waals surface area (Å²) in [6.45, 7) is 6.80. The summed E-state index contributed by atoms with van der Waals surface area (Å²) in [5, 5.41) is 0. The molecule has 1 aliphatic carbocycles. The molecule has 1 aromatic heterocycles. The Morgan fingerprint density at radius 2 is 2.19 bits per heavy atom. The zero-order chi connectivity index (χ0) is 11.5. The number of halogens is 1. The zero-order valence-electron chi connectivity index (χ0n) is 9.99. The third-order valence-corrected chi connectivity index (χ3v) is 3.50. The minimum atomic E-state index is 0.611. The minimum absolute atomic E-state index is 0.611. The smallest absolute Gasteiger partial charge is 0.0410 e. The monoisotopic (exact) mass is 282 g/mol. The first-order valence-electron chi connectivity index (χ1n) is 5.98. The zero-order valence-corrected chi connectivity index (χ0v) is 11.6. The summed E-state index contributed by atoms with van der Waals surface area (Å²) in [5.74, 6) is 0.947. The Kier molecular flexibility index (Phi) is 3.98. The van der Waals surface area contributed by atoms with Gasteiger partial charge in [0.15, 0.2) is 0 Å². The molecule has 0 spiro atoms. The number of hydrogen-bond acceptors (Lipinski definition) is 2. The van der Waals surface area contributed by atoms with Gasteiger partial charge in [0, 0.05) is 36.0 Å². The molecular weight excluding hydrogens is 264 g/mol. The molecule has 1 aromatic rings. The predicted octanol–water partition coefficient (Wildman–Crippen LogP) is 3.46. The lowest BCUT2D eigenvalue weighted by Gasteiger charge is -2.26. The van der Waals surface area contributed by atoms with Crippen molar-refractivity contribution in [3.63, 3.8) is 0 Å². The average molecular weight is 283 g/mol. The van der Waals surface area contributed by atoms with Gasteiger partial charge in [0.05, 0.1) is 0 Å². The summed E-state index contributed by atoms with van der Waals surface area (Å²) in [4.78, 5) is 6.76. The predicted molar refractivity (Wildman–Crippen MR) is 70.2 cm³/mol. The molecule has 0 bridgehead atoms. The normalized spacial score (nSPS) is 16.1. The SMILES string of the molecule is CC(C)N(Cc1cncc(Br)c1)CC1CC1. The van der Waals surface area contributed by atoms with Crippen molar-refractivity contribution in [2.75, 3.05) is 6.54 Å². The van der Waals surface area contributed by atoms with Crippen LogP contribution in [0, 0.1) is 5.92 Å². The van der Waals surface area contributed by atoms with Crippen molar-refractivity contribution in [3.05, 3.63) is 28.5 Å². The Hall–Kier alpha value is -0.410. The van der Waals surface area contributed by atoms with E-state index in [1.165, 1.54) is 24.9 Å². The van der Waals surface area contributed by atoms with Gasteiger partial charge in [0.25, 0.3) is 0 Å². The van der Waals surface area contributed by atoms with E-state index < -0.39 is 0 Å². The maximum atomic E-state index is 4.22. The van der Waals surface area contributed by atoms with Crippen LogP contribution >= 0.6 is 15.9 Å². The molecule has 2 nitrogen and oxygen atoms in total. The van der Waals surface area contributed by atoms with Gasteiger partial charge in [-0.25, -0.2) is 0 Å². The van der Waals surface area contributed by atoms with Gasteiger partial charge in [-0.05, 0) is 60.2 Å². The molecule has 88 valence electrons. The van der Waals surface area contributed by atoms with Crippen LogP contribution < -0.4 is 0 Å². The maximum absolute atomic E-state index is 4.22. The van der Waals surface area contributed by atoms with Gasteiger partial charge in [-0.3, -0.25) is 9.88 Å². The van der Waals surface area contributed by atoms with Crippen molar-refractivity contribution in [3.8, 4) is 0 Å². The molecule has 0 aromatic carbocycles. The molecule has 1 fully saturated rings. The number of hydrogen-bond donors (Lipinski definition) is 0. The van der Waals surface area contributed by atoms with Gasteiger partial charge in [0.2, 0.25) is 0 Å². The summed E-state index contributed by atoms with van der Waals surface area (Å²) in [6.07, 6.45) is 6.64. The largest absolute Gasteiger partial charge is 0.296 e. The Balaban J connectivity index is 1.98. The van der Waals surface area contributed by atoms with Crippen molar-refractivity contribution in [2.45, 2.75) is 39.3 Å². The molecule has 2 rings (SSSR count). The van der Waals surface area contributed by atoms with Gasteiger partial charge < -0.3 is 0 Å². The molecule has 0 atom stereocenters. The maximum Gasteiger partial charge on any atom is 0.0410 e. The second-order valence-corrected chi connectivity index (χ2v) is 5.89. The second-order valence-electron chi connectivity index (χ2n) is 4.98. The molecule has 0 amide bonds. The van der Waals surface area contributed by atoms with Crippen LogP contribution in [0.5, 0.6) is 0 Å². The van der Waals surface area contributed by atoms with Crippen molar-refractivity contribution in [2.24, 2.45) is 5.92 Å². The molecule has 0 saturated heterocycles. The van der Waals surface area contributed by atoms with Crippen molar-refractivity contribution in [1.82, 2.24) is 9.88 Å². The summed E-state index contributed by atoms with van der Waals surface area (Å²) in [7, 11) is 0. The number of rotatable bonds is 5. The van der Waals surface area contributed by atoms with Gasteiger partial charge >= 0.3 is 0 Å². The standard InChI is InChI=1S/C13H19BrN2/c1-10(2)16(8-11-3-4-11)9-12-5-13(14)7-15-6-12/h5-7,10-11H,3-4,8-9H2,1-2H3. The molecule has 1 aliphatic rings. The fraction of sp³-hybridized carbons (Fsp3) is 0.615. The highest BCUT2D eigenvalue weighted by atomic mass is 79.9. The minimum Gasteiger partial charge on any atom is -0.296 e. The van der Waals surface area contributed by atoms with Crippen LogP contribution in [0.1, 0.15) is 32.3 Å². The van der Waals surface area contributed by atoms with E-state index in [-0.39, 0.29) is 0 Å². The van der Waals surface area contributed by atoms with Crippen molar-refractivity contribution >= 4 is 15.9 Å². The molecule has 3 heteroatoms. The highest BCUT2D eigenvalue weighted by molar-refractivity contribution is 9.10. The van der Waals surface area contributed by atoms with Gasteiger partial charge in [0.1, 0.15) is 0 Å². The van der Waals surface area contributed by atoms with Crippen molar-refractivity contribution < 1.29 is 0 Å². The number of aromatic nitrogens is 1. The van der Waals surface area contributed by atoms with Crippen LogP contribution in [0.2, 0.25) is 0 Å². The molecule has 0 unspecified atom stereocenters. The lowest BCUT2D eigenvalue weighted by molar-refractivity contribution is 0.203. The lowest BCUT2D eigenvalue weighted by atomic mass is 10.2. The van der Waals surface area contributed by atoms with E-state index in [0.717, 1.165) is 16.9 Å². The summed E-state index contributed by atoms with van der Waals surface area (Å²) < 4.78 is 1.07. The van der Waals surface area contributed by atoms with E-state index in [0.29, 0.717) is 6.04 Å². The Morgan fingerprint density at radius 3 is 2.75 bits per heavy atom. The molecule has 0 radical (unpaired) electrons. The van der Waals surface area contributed by atoms with Crippen LogP contribution in [0.3, 0.4) is 0 Å². The highest BCUT2D eigenvalue weighted by Gasteiger charge is 2.25.